The van der Waals surface area contributed by atoms with Gasteiger partial charge in [-0.3, -0.25) is 0 Å². The summed E-state index contributed by atoms with van der Waals surface area (Å²) >= 11 is 1.87. The largest absolute Gasteiger partial charge is 0.376 e. The molecule has 0 atom stereocenters. The molecule has 180 valence electrons. The normalized spacial score (nSPS) is 13.0. The number of hydrogen-bond acceptors (Lipinski definition) is 2. The van der Waals surface area contributed by atoms with Crippen molar-refractivity contribution in [2.24, 2.45) is 0 Å². The van der Waals surface area contributed by atoms with Crippen molar-refractivity contribution >= 4 is 60.7 Å². The molecular weight excluding hydrogens is 489 g/mol. The molecule has 0 radical (unpaired) electrons. The summed E-state index contributed by atoms with van der Waals surface area (Å²) < 4.78 is 2.69. The van der Waals surface area contributed by atoms with Gasteiger partial charge in [0.1, 0.15) is 0 Å². The Bertz CT molecular complexity index is 2110. The molecule has 1 aromatic heterocycles. The highest BCUT2D eigenvalue weighted by atomic mass is 32.1. The standard InChI is InChI=1S/C36H22BNS/c1-5-13-31-25(9-1)27-10-2-6-14-33(27)38-34-15-7-3-11-28(34)26-19-17-24(22-32(26)37(31)38)23-18-20-36-30(21-23)29-12-4-8-16-35(29)39-36/h1-22H. The SMILES string of the molecule is c1ccc2c(c1)B1c3cc(-c4ccc5sc6ccccc6c5c4)ccc3-c3ccccc3N1c1ccccc1-2. The van der Waals surface area contributed by atoms with E-state index >= 15 is 0 Å². The summed E-state index contributed by atoms with van der Waals surface area (Å²) in [5, 5.41) is 2.69. The van der Waals surface area contributed by atoms with Crippen LogP contribution in [0.5, 0.6) is 0 Å². The van der Waals surface area contributed by atoms with E-state index < -0.39 is 0 Å². The molecule has 0 spiro atoms. The molecule has 0 N–H and O–H groups in total. The van der Waals surface area contributed by atoms with Gasteiger partial charge in [-0.15, -0.1) is 11.3 Å². The maximum Gasteiger partial charge on any atom is 0.329 e. The summed E-state index contributed by atoms with van der Waals surface area (Å²) in [4.78, 5) is 2.56. The minimum atomic E-state index is 0.117. The molecule has 0 amide bonds. The zero-order valence-electron chi connectivity index (χ0n) is 21.1. The fourth-order valence-corrected chi connectivity index (χ4v) is 7.86. The third-order valence-electron chi connectivity index (χ3n) is 8.48. The molecule has 2 aliphatic rings. The van der Waals surface area contributed by atoms with Crippen molar-refractivity contribution in [3.05, 3.63) is 133 Å². The van der Waals surface area contributed by atoms with Crippen LogP contribution in [-0.2, 0) is 0 Å². The summed E-state index contributed by atoms with van der Waals surface area (Å²) in [6.45, 7) is 0.117. The minimum Gasteiger partial charge on any atom is -0.376 e. The van der Waals surface area contributed by atoms with Gasteiger partial charge in [0.05, 0.1) is 0 Å². The minimum absolute atomic E-state index is 0.117. The average Bonchev–Trinajstić information content (AvgIpc) is 3.38. The lowest BCUT2D eigenvalue weighted by molar-refractivity contribution is 1.35. The van der Waals surface area contributed by atoms with Crippen molar-refractivity contribution in [3.8, 4) is 33.4 Å². The number of rotatable bonds is 1. The van der Waals surface area contributed by atoms with E-state index in [0.717, 1.165) is 0 Å². The molecule has 6 aromatic carbocycles. The van der Waals surface area contributed by atoms with Crippen molar-refractivity contribution in [1.82, 2.24) is 0 Å². The molecule has 0 unspecified atom stereocenters. The van der Waals surface area contributed by atoms with E-state index in [1.54, 1.807) is 0 Å². The average molecular weight is 511 g/mol. The van der Waals surface area contributed by atoms with Crippen LogP contribution in [0, 0.1) is 0 Å². The third-order valence-corrected chi connectivity index (χ3v) is 9.63. The zero-order chi connectivity index (χ0) is 25.5. The maximum atomic E-state index is 2.56. The first-order valence-corrected chi connectivity index (χ1v) is 14.3. The number of thiophene rings is 1. The van der Waals surface area contributed by atoms with Crippen molar-refractivity contribution < 1.29 is 0 Å². The second-order valence-electron chi connectivity index (χ2n) is 10.5. The monoisotopic (exact) mass is 511 g/mol. The Kier molecular flexibility index (Phi) is 4.35. The number of hydrogen-bond donors (Lipinski definition) is 0. The first-order valence-electron chi connectivity index (χ1n) is 13.5. The lowest BCUT2D eigenvalue weighted by atomic mass is 9.43. The smallest absolute Gasteiger partial charge is 0.329 e. The Labute approximate surface area is 231 Å². The fraction of sp³-hybridized carbons (Fsp3) is 0. The highest BCUT2D eigenvalue weighted by Crippen LogP contribution is 2.46. The van der Waals surface area contributed by atoms with E-state index in [9.17, 15) is 0 Å². The van der Waals surface area contributed by atoms with E-state index in [2.05, 4.69) is 138 Å². The van der Waals surface area contributed by atoms with Crippen LogP contribution in [0.3, 0.4) is 0 Å². The number of anilines is 2. The van der Waals surface area contributed by atoms with Gasteiger partial charge in [-0.1, -0.05) is 103 Å². The van der Waals surface area contributed by atoms with Crippen LogP contribution in [0.15, 0.2) is 133 Å². The van der Waals surface area contributed by atoms with E-state index in [-0.39, 0.29) is 6.85 Å². The third kappa shape index (κ3) is 2.97. The second-order valence-corrected chi connectivity index (χ2v) is 11.6. The quantitative estimate of drug-likeness (QED) is 0.200. The number of fused-ring (bicyclic) bond motifs is 14. The lowest BCUT2D eigenvalue weighted by Gasteiger charge is -2.43. The van der Waals surface area contributed by atoms with Crippen LogP contribution in [0.1, 0.15) is 0 Å². The summed E-state index contributed by atoms with van der Waals surface area (Å²) in [6, 6.07) is 49.5. The van der Waals surface area contributed by atoms with Gasteiger partial charge in [-0.05, 0) is 63.5 Å². The van der Waals surface area contributed by atoms with E-state index in [1.807, 2.05) is 11.3 Å². The molecule has 0 aliphatic carbocycles. The van der Waals surface area contributed by atoms with Gasteiger partial charge in [0.2, 0.25) is 0 Å². The van der Waals surface area contributed by atoms with Crippen LogP contribution < -0.4 is 15.7 Å². The van der Waals surface area contributed by atoms with Crippen molar-refractivity contribution in [2.45, 2.75) is 0 Å². The molecular formula is C36H22BNS. The summed E-state index contributed by atoms with van der Waals surface area (Å²) in [5.41, 5.74) is 13.1. The molecule has 0 saturated heterocycles. The number of para-hydroxylation sites is 2. The van der Waals surface area contributed by atoms with Crippen LogP contribution in [0.2, 0.25) is 0 Å². The molecule has 3 heterocycles. The molecule has 3 heteroatoms. The fourth-order valence-electron chi connectivity index (χ4n) is 6.78. The van der Waals surface area contributed by atoms with Gasteiger partial charge >= 0.3 is 6.85 Å². The van der Waals surface area contributed by atoms with Gasteiger partial charge in [0, 0.05) is 42.7 Å². The maximum absolute atomic E-state index is 2.56. The second kappa shape index (κ2) is 7.95. The predicted octanol–water partition coefficient (Wildman–Crippen LogP) is 8.63. The van der Waals surface area contributed by atoms with Gasteiger partial charge in [-0.2, -0.15) is 0 Å². The first kappa shape index (κ1) is 21.4. The van der Waals surface area contributed by atoms with Gasteiger partial charge in [-0.25, -0.2) is 0 Å². The molecule has 1 nitrogen and oxygen atoms in total. The lowest BCUT2D eigenvalue weighted by Crippen LogP contribution is -2.59. The number of nitrogens with zero attached hydrogens (tertiary/aromatic N) is 1. The Balaban J connectivity index is 1.31. The molecule has 39 heavy (non-hydrogen) atoms. The van der Waals surface area contributed by atoms with Crippen LogP contribution in [-0.4, -0.2) is 6.85 Å². The van der Waals surface area contributed by atoms with E-state index in [0.29, 0.717) is 0 Å². The summed E-state index contributed by atoms with van der Waals surface area (Å²) in [6.07, 6.45) is 0. The van der Waals surface area contributed by atoms with Crippen LogP contribution >= 0.6 is 11.3 Å². The van der Waals surface area contributed by atoms with E-state index in [4.69, 9.17) is 0 Å². The topological polar surface area (TPSA) is 3.24 Å². The molecule has 7 aromatic rings. The van der Waals surface area contributed by atoms with Crippen molar-refractivity contribution in [2.75, 3.05) is 4.81 Å². The van der Waals surface area contributed by atoms with Crippen molar-refractivity contribution in [1.29, 1.82) is 0 Å². The molecule has 0 fully saturated rings. The first-order chi connectivity index (χ1) is 19.3. The van der Waals surface area contributed by atoms with E-state index in [1.165, 1.54) is 75.9 Å². The predicted molar refractivity (Wildman–Crippen MR) is 169 cm³/mol. The highest BCUT2D eigenvalue weighted by Gasteiger charge is 2.41. The van der Waals surface area contributed by atoms with Gasteiger partial charge < -0.3 is 4.81 Å². The zero-order valence-corrected chi connectivity index (χ0v) is 22.0. The van der Waals surface area contributed by atoms with Crippen molar-refractivity contribution in [3.63, 3.8) is 0 Å². The van der Waals surface area contributed by atoms with Gasteiger partial charge in [0.25, 0.3) is 0 Å². The Morgan fingerprint density at radius 3 is 1.85 bits per heavy atom. The van der Waals surface area contributed by atoms with Crippen LogP contribution in [0.4, 0.5) is 11.4 Å². The Morgan fingerprint density at radius 2 is 1.03 bits per heavy atom. The molecule has 0 bridgehead atoms. The summed E-state index contributed by atoms with van der Waals surface area (Å²) in [5.74, 6) is 0. The molecule has 2 aliphatic heterocycles. The molecule has 9 rings (SSSR count). The van der Waals surface area contributed by atoms with Crippen LogP contribution in [0.25, 0.3) is 53.6 Å². The highest BCUT2D eigenvalue weighted by molar-refractivity contribution is 7.25. The number of benzene rings is 6. The Hall–Kier alpha value is -4.60. The summed E-state index contributed by atoms with van der Waals surface area (Å²) in [7, 11) is 0. The molecule has 0 saturated carbocycles. The van der Waals surface area contributed by atoms with Gasteiger partial charge in [0.15, 0.2) is 0 Å². The Morgan fingerprint density at radius 1 is 0.436 bits per heavy atom.